The first-order chi connectivity index (χ1) is 14.4. The minimum absolute atomic E-state index is 0.0157. The molecule has 1 amide bonds. The number of nitrogens with zero attached hydrogens (tertiary/aromatic N) is 2. The van der Waals surface area contributed by atoms with Crippen molar-refractivity contribution >= 4 is 29.3 Å². The zero-order valence-corrected chi connectivity index (χ0v) is 18.1. The molecule has 3 rings (SSSR count). The average molecular weight is 424 g/mol. The average Bonchev–Trinajstić information content (AvgIpc) is 3.36. The van der Waals surface area contributed by atoms with Crippen LogP contribution in [0.5, 0.6) is 0 Å². The van der Waals surface area contributed by atoms with Crippen LogP contribution in [0.25, 0.3) is 16.6 Å². The molecule has 0 fully saturated rings. The summed E-state index contributed by atoms with van der Waals surface area (Å²) in [5.74, 6) is -0.893. The molecule has 6 nitrogen and oxygen atoms in total. The highest BCUT2D eigenvalue weighted by atomic mass is 32.1. The first kappa shape index (κ1) is 21.5. The largest absolute Gasteiger partial charge is 0.449 e. The maximum absolute atomic E-state index is 12.2. The van der Waals surface area contributed by atoms with Gasteiger partial charge in [-0.1, -0.05) is 36.4 Å². The first-order valence-electron chi connectivity index (χ1n) is 9.76. The minimum Gasteiger partial charge on any atom is -0.449 e. The number of hydrogen-bond acceptors (Lipinski definition) is 5. The van der Waals surface area contributed by atoms with Crippen molar-refractivity contribution < 1.29 is 14.3 Å². The summed E-state index contributed by atoms with van der Waals surface area (Å²) in [6.07, 6.45) is 4.06. The van der Waals surface area contributed by atoms with Crippen molar-refractivity contribution in [3.63, 3.8) is 0 Å². The van der Waals surface area contributed by atoms with Gasteiger partial charge in [0.1, 0.15) is 5.69 Å². The number of carbonyl (C=O) groups excluding carboxylic acids is 2. The van der Waals surface area contributed by atoms with Gasteiger partial charge in [0.25, 0.3) is 5.91 Å². The lowest BCUT2D eigenvalue weighted by atomic mass is 10.2. The van der Waals surface area contributed by atoms with E-state index >= 15 is 0 Å². The van der Waals surface area contributed by atoms with Crippen LogP contribution in [0.3, 0.4) is 0 Å². The van der Waals surface area contributed by atoms with E-state index in [9.17, 15) is 9.59 Å². The fraction of sp³-hybridized carbons (Fsp3) is 0.261. The summed E-state index contributed by atoms with van der Waals surface area (Å²) in [6.45, 7) is 5.89. The Kier molecular flexibility index (Phi) is 7.19. The topological polar surface area (TPSA) is 73.2 Å². The van der Waals surface area contributed by atoms with Crippen molar-refractivity contribution in [2.45, 2.75) is 39.5 Å². The lowest BCUT2D eigenvalue weighted by molar-refractivity contribution is -0.150. The Morgan fingerprint density at radius 3 is 2.60 bits per heavy atom. The molecule has 3 aromatic rings. The highest BCUT2D eigenvalue weighted by Gasteiger charge is 2.17. The van der Waals surface area contributed by atoms with Crippen LogP contribution in [-0.4, -0.2) is 33.8 Å². The van der Waals surface area contributed by atoms with Gasteiger partial charge in [-0.05, 0) is 43.9 Å². The molecule has 2 aromatic heterocycles. The van der Waals surface area contributed by atoms with E-state index in [4.69, 9.17) is 9.84 Å². The molecule has 30 heavy (non-hydrogen) atoms. The second-order valence-electron chi connectivity index (χ2n) is 7.17. The van der Waals surface area contributed by atoms with E-state index in [1.54, 1.807) is 24.3 Å². The third-order valence-corrected chi connectivity index (χ3v) is 5.10. The number of aromatic nitrogens is 2. The summed E-state index contributed by atoms with van der Waals surface area (Å²) in [7, 11) is 0. The zero-order valence-electron chi connectivity index (χ0n) is 17.2. The van der Waals surface area contributed by atoms with Gasteiger partial charge in [0.15, 0.2) is 6.10 Å². The molecule has 156 valence electrons. The quantitative estimate of drug-likeness (QED) is 0.437. The number of carbonyl (C=O) groups is 2. The Morgan fingerprint density at radius 1 is 1.17 bits per heavy atom. The van der Waals surface area contributed by atoms with Crippen molar-refractivity contribution in [2.24, 2.45) is 0 Å². The molecule has 0 saturated heterocycles. The lowest BCUT2D eigenvalue weighted by Crippen LogP contribution is -2.39. The van der Waals surface area contributed by atoms with E-state index in [-0.39, 0.29) is 11.9 Å². The fourth-order valence-electron chi connectivity index (χ4n) is 2.84. The number of hydrogen-bond donors (Lipinski definition) is 1. The van der Waals surface area contributed by atoms with Crippen LogP contribution in [0.1, 0.15) is 31.9 Å². The number of thiophene rings is 1. The van der Waals surface area contributed by atoms with Gasteiger partial charge >= 0.3 is 5.97 Å². The summed E-state index contributed by atoms with van der Waals surface area (Å²) in [5.41, 5.74) is 2.75. The monoisotopic (exact) mass is 423 g/mol. The van der Waals surface area contributed by atoms with Gasteiger partial charge in [-0.15, -0.1) is 11.3 Å². The molecular formula is C23H25N3O3S. The Balaban J connectivity index is 1.75. The molecule has 1 atom stereocenters. The Morgan fingerprint density at radius 2 is 1.93 bits per heavy atom. The molecule has 2 heterocycles. The van der Waals surface area contributed by atoms with Gasteiger partial charge in [0.2, 0.25) is 0 Å². The highest BCUT2D eigenvalue weighted by Crippen LogP contribution is 2.27. The van der Waals surface area contributed by atoms with Crippen molar-refractivity contribution in [3.05, 3.63) is 71.2 Å². The predicted octanol–water partition coefficient (Wildman–Crippen LogP) is 4.13. The van der Waals surface area contributed by atoms with Crippen molar-refractivity contribution in [1.29, 1.82) is 0 Å². The van der Waals surface area contributed by atoms with Crippen LogP contribution >= 0.6 is 11.3 Å². The lowest BCUT2D eigenvalue weighted by Gasteiger charge is -2.14. The molecule has 0 aliphatic carbocycles. The molecule has 1 N–H and O–H groups in total. The molecule has 1 unspecified atom stereocenters. The van der Waals surface area contributed by atoms with Crippen LogP contribution in [0.2, 0.25) is 0 Å². The molecule has 0 saturated carbocycles. The molecule has 0 bridgehead atoms. The SMILES string of the molecule is CC(C)NC(=O)C(C)OC(=O)/C=C/c1cn(Cc2ccccc2)nc1-c1cccs1. The van der Waals surface area contributed by atoms with Gasteiger partial charge < -0.3 is 10.1 Å². The zero-order chi connectivity index (χ0) is 21.5. The van der Waals surface area contributed by atoms with Gasteiger partial charge in [-0.3, -0.25) is 9.48 Å². The second-order valence-corrected chi connectivity index (χ2v) is 8.12. The van der Waals surface area contributed by atoms with Crippen molar-refractivity contribution in [3.8, 4) is 10.6 Å². The normalized spacial score (nSPS) is 12.3. The molecule has 0 spiro atoms. The molecule has 0 aliphatic rings. The predicted molar refractivity (Wildman–Crippen MR) is 119 cm³/mol. The smallest absolute Gasteiger partial charge is 0.331 e. The summed E-state index contributed by atoms with van der Waals surface area (Å²) < 4.78 is 7.06. The number of ether oxygens (including phenoxy) is 1. The van der Waals surface area contributed by atoms with Crippen LogP contribution in [0.15, 0.2) is 60.1 Å². The van der Waals surface area contributed by atoms with E-state index in [0.717, 1.165) is 21.7 Å². The first-order valence-corrected chi connectivity index (χ1v) is 10.6. The molecule has 7 heteroatoms. The summed E-state index contributed by atoms with van der Waals surface area (Å²) in [6, 6.07) is 14.0. The number of amides is 1. The maximum atomic E-state index is 12.2. The molecule has 1 aromatic carbocycles. The van der Waals surface area contributed by atoms with Gasteiger partial charge in [-0.2, -0.15) is 5.10 Å². The van der Waals surface area contributed by atoms with E-state index in [1.165, 1.54) is 6.08 Å². The third kappa shape index (κ3) is 5.90. The summed E-state index contributed by atoms with van der Waals surface area (Å²) in [4.78, 5) is 25.1. The van der Waals surface area contributed by atoms with E-state index in [1.807, 2.05) is 72.6 Å². The number of esters is 1. The van der Waals surface area contributed by atoms with Gasteiger partial charge in [0, 0.05) is 23.9 Å². The van der Waals surface area contributed by atoms with Crippen molar-refractivity contribution in [1.82, 2.24) is 15.1 Å². The number of rotatable bonds is 8. The summed E-state index contributed by atoms with van der Waals surface area (Å²) >= 11 is 1.59. The standard InChI is InChI=1S/C23H25N3O3S/c1-16(2)24-23(28)17(3)29-21(27)12-11-19-15-26(14-18-8-5-4-6-9-18)25-22(19)20-10-7-13-30-20/h4-13,15-17H,14H2,1-3H3,(H,24,28)/b12-11+. The molecule has 0 radical (unpaired) electrons. The van der Waals surface area contributed by atoms with E-state index in [2.05, 4.69) is 5.32 Å². The fourth-order valence-corrected chi connectivity index (χ4v) is 3.57. The summed E-state index contributed by atoms with van der Waals surface area (Å²) in [5, 5.41) is 9.42. The van der Waals surface area contributed by atoms with Gasteiger partial charge in [0.05, 0.1) is 11.4 Å². The highest BCUT2D eigenvalue weighted by molar-refractivity contribution is 7.13. The minimum atomic E-state index is -0.859. The second kappa shape index (κ2) is 10.0. The van der Waals surface area contributed by atoms with E-state index in [0.29, 0.717) is 6.54 Å². The van der Waals surface area contributed by atoms with Crippen LogP contribution in [0, 0.1) is 0 Å². The maximum Gasteiger partial charge on any atom is 0.331 e. The Bertz CT molecular complexity index is 1010. The van der Waals surface area contributed by atoms with Crippen LogP contribution < -0.4 is 5.32 Å². The van der Waals surface area contributed by atoms with Crippen LogP contribution in [-0.2, 0) is 20.9 Å². The van der Waals surface area contributed by atoms with E-state index < -0.39 is 12.1 Å². The Hall–Kier alpha value is -3.19. The van der Waals surface area contributed by atoms with Crippen molar-refractivity contribution in [2.75, 3.05) is 0 Å². The third-order valence-electron chi connectivity index (χ3n) is 4.22. The Labute approximate surface area is 180 Å². The number of benzene rings is 1. The molecule has 0 aliphatic heterocycles. The van der Waals surface area contributed by atoms with Gasteiger partial charge in [-0.25, -0.2) is 4.79 Å². The molecular weight excluding hydrogens is 398 g/mol. The van der Waals surface area contributed by atoms with Crippen LogP contribution in [0.4, 0.5) is 0 Å². The number of nitrogens with one attached hydrogen (secondary N) is 1.